The summed E-state index contributed by atoms with van der Waals surface area (Å²) in [7, 11) is 0. The van der Waals surface area contributed by atoms with Crippen LogP contribution in [0.5, 0.6) is 0 Å². The number of rotatable bonds is 6. The summed E-state index contributed by atoms with van der Waals surface area (Å²) in [6, 6.07) is 8.76. The van der Waals surface area contributed by atoms with Crippen LogP contribution in [0.2, 0.25) is 5.02 Å². The second kappa shape index (κ2) is 6.74. The molecule has 0 radical (unpaired) electrons. The molecule has 0 spiro atoms. The molecule has 0 saturated heterocycles. The van der Waals surface area contributed by atoms with Crippen LogP contribution in [0, 0.1) is 0 Å². The first-order valence-corrected chi connectivity index (χ1v) is 7.67. The van der Waals surface area contributed by atoms with Crippen LogP contribution in [0.4, 0.5) is 17.1 Å². The number of carbonyl (C=O) groups excluding carboxylic acids is 1. The van der Waals surface area contributed by atoms with Crippen molar-refractivity contribution in [3.8, 4) is 0 Å². The van der Waals surface area contributed by atoms with Gasteiger partial charge in [-0.05, 0) is 29.8 Å². The predicted octanol–water partition coefficient (Wildman–Crippen LogP) is 1.71. The summed E-state index contributed by atoms with van der Waals surface area (Å²) in [5, 5.41) is 6.10. The summed E-state index contributed by atoms with van der Waals surface area (Å²) in [4.78, 5) is 39.4. The molecule has 0 bridgehead atoms. The molecule has 0 unspecified atom stereocenters. The van der Waals surface area contributed by atoms with Crippen LogP contribution in [0.15, 0.2) is 58.4 Å². The summed E-state index contributed by atoms with van der Waals surface area (Å²) in [6.07, 6.45) is 3.09. The fourth-order valence-electron chi connectivity index (χ4n) is 2.35. The molecule has 4 N–H and O–H groups in total. The first-order chi connectivity index (χ1) is 12.0. The second-order valence-corrected chi connectivity index (χ2v) is 5.74. The highest BCUT2D eigenvalue weighted by molar-refractivity contribution is 6.30. The van der Waals surface area contributed by atoms with Crippen LogP contribution in [0.1, 0.15) is 11.6 Å². The number of aromatic nitrogens is 1. The van der Waals surface area contributed by atoms with Crippen molar-refractivity contribution in [3.05, 3.63) is 79.8 Å². The molecule has 7 nitrogen and oxygen atoms in total. The minimum absolute atomic E-state index is 0.0144. The van der Waals surface area contributed by atoms with Crippen molar-refractivity contribution >= 4 is 34.6 Å². The first kappa shape index (κ1) is 16.7. The highest BCUT2D eigenvalue weighted by atomic mass is 35.5. The molecule has 0 saturated carbocycles. The van der Waals surface area contributed by atoms with Gasteiger partial charge in [0.15, 0.2) is 0 Å². The molecule has 0 aliphatic heterocycles. The van der Waals surface area contributed by atoms with Crippen LogP contribution >= 0.6 is 11.6 Å². The maximum absolute atomic E-state index is 11.9. The van der Waals surface area contributed by atoms with Gasteiger partial charge in [0.1, 0.15) is 17.4 Å². The summed E-state index contributed by atoms with van der Waals surface area (Å²) in [6.45, 7) is 0. The lowest BCUT2D eigenvalue weighted by molar-refractivity contribution is -0.118. The van der Waals surface area contributed by atoms with E-state index in [9.17, 15) is 14.4 Å². The summed E-state index contributed by atoms with van der Waals surface area (Å²) in [5.74, 6) is -0.690. The molecule has 3 rings (SSSR count). The zero-order valence-corrected chi connectivity index (χ0v) is 13.6. The molecular weight excluding hydrogens is 344 g/mol. The standard InChI is InChI=1S/C17H13ClN4O3/c18-10-3-1-9(2-4-10)12(17(19)25)22-14-13(15(23)16(14)24)21-11-5-7-20-8-6-11/h1-8,12,22H,(H2,19,25)(H,20,21)/t12-/m0/s1. The van der Waals surface area contributed by atoms with E-state index in [1.54, 1.807) is 48.8 Å². The Bertz CT molecular complexity index is 980. The van der Waals surface area contributed by atoms with Crippen molar-refractivity contribution in [2.45, 2.75) is 6.04 Å². The number of amides is 1. The second-order valence-electron chi connectivity index (χ2n) is 5.30. The predicted molar refractivity (Wildman–Crippen MR) is 95.9 cm³/mol. The van der Waals surface area contributed by atoms with E-state index in [0.29, 0.717) is 16.3 Å². The SMILES string of the molecule is NC(=O)[C@@H](Nc1c(Nc2ccncc2)c(=O)c1=O)c1ccc(Cl)cc1. The molecule has 1 amide bonds. The molecule has 0 aliphatic rings. The van der Waals surface area contributed by atoms with Crippen molar-refractivity contribution in [2.75, 3.05) is 10.6 Å². The fourth-order valence-corrected chi connectivity index (χ4v) is 2.47. The van der Waals surface area contributed by atoms with Crippen LogP contribution < -0.4 is 27.2 Å². The fraction of sp³-hybridized carbons (Fsp3) is 0.0588. The van der Waals surface area contributed by atoms with Crippen molar-refractivity contribution in [1.82, 2.24) is 4.98 Å². The van der Waals surface area contributed by atoms with E-state index in [1.807, 2.05) is 0 Å². The van der Waals surface area contributed by atoms with Crippen LogP contribution in [-0.2, 0) is 4.79 Å². The number of nitrogens with zero attached hydrogens (tertiary/aromatic N) is 1. The molecule has 2 aromatic carbocycles. The Morgan fingerprint density at radius 3 is 2.20 bits per heavy atom. The Morgan fingerprint density at radius 1 is 1.00 bits per heavy atom. The van der Waals surface area contributed by atoms with E-state index in [4.69, 9.17) is 17.3 Å². The van der Waals surface area contributed by atoms with Gasteiger partial charge in [-0.2, -0.15) is 0 Å². The molecule has 3 aromatic rings. The molecular formula is C17H13ClN4O3. The van der Waals surface area contributed by atoms with Crippen molar-refractivity contribution in [2.24, 2.45) is 5.73 Å². The molecule has 8 heteroatoms. The van der Waals surface area contributed by atoms with E-state index in [1.165, 1.54) is 0 Å². The summed E-state index contributed by atoms with van der Waals surface area (Å²) in [5.41, 5.74) is 5.26. The summed E-state index contributed by atoms with van der Waals surface area (Å²) >= 11 is 5.84. The average molecular weight is 357 g/mol. The third-order valence-corrected chi connectivity index (χ3v) is 3.89. The number of halogens is 1. The maximum atomic E-state index is 11.9. The Morgan fingerprint density at radius 2 is 1.60 bits per heavy atom. The van der Waals surface area contributed by atoms with Gasteiger partial charge in [0, 0.05) is 23.1 Å². The smallest absolute Gasteiger partial charge is 0.253 e. The Balaban J connectivity index is 1.90. The third-order valence-electron chi connectivity index (χ3n) is 3.64. The van der Waals surface area contributed by atoms with Crippen molar-refractivity contribution in [1.29, 1.82) is 0 Å². The number of nitrogens with one attached hydrogen (secondary N) is 2. The van der Waals surface area contributed by atoms with Crippen molar-refractivity contribution in [3.63, 3.8) is 0 Å². The number of nitrogens with two attached hydrogens (primary N) is 1. The Hall–Kier alpha value is -3.19. The monoisotopic (exact) mass is 356 g/mol. The van der Waals surface area contributed by atoms with Gasteiger partial charge in [0.25, 0.3) is 10.9 Å². The van der Waals surface area contributed by atoms with E-state index in [2.05, 4.69) is 15.6 Å². The van der Waals surface area contributed by atoms with Crippen molar-refractivity contribution < 1.29 is 4.79 Å². The average Bonchev–Trinajstić information content (AvgIpc) is 2.62. The van der Waals surface area contributed by atoms with Gasteiger partial charge in [-0.3, -0.25) is 19.4 Å². The van der Waals surface area contributed by atoms with Gasteiger partial charge < -0.3 is 16.4 Å². The highest BCUT2D eigenvalue weighted by Crippen LogP contribution is 2.25. The number of pyridine rings is 1. The first-order valence-electron chi connectivity index (χ1n) is 7.29. The van der Waals surface area contributed by atoms with Crippen LogP contribution in [-0.4, -0.2) is 10.9 Å². The minimum Gasteiger partial charge on any atom is -0.368 e. The lowest BCUT2D eigenvalue weighted by Crippen LogP contribution is -2.39. The molecule has 1 atom stereocenters. The number of benzene rings is 1. The van der Waals surface area contributed by atoms with Gasteiger partial charge in [0.05, 0.1) is 0 Å². The summed E-state index contributed by atoms with van der Waals surface area (Å²) < 4.78 is 0. The lowest BCUT2D eigenvalue weighted by Gasteiger charge is -2.20. The van der Waals surface area contributed by atoms with Gasteiger partial charge in [0.2, 0.25) is 5.91 Å². The van der Waals surface area contributed by atoms with Crippen LogP contribution in [0.3, 0.4) is 0 Å². The largest absolute Gasteiger partial charge is 0.368 e. The zero-order chi connectivity index (χ0) is 18.0. The quantitative estimate of drug-likeness (QED) is 0.579. The maximum Gasteiger partial charge on any atom is 0.253 e. The Kier molecular flexibility index (Phi) is 4.49. The lowest BCUT2D eigenvalue weighted by atomic mass is 10.0. The molecule has 126 valence electrons. The van der Waals surface area contributed by atoms with Gasteiger partial charge in [-0.15, -0.1) is 0 Å². The Labute approximate surface area is 147 Å². The topological polar surface area (TPSA) is 114 Å². The molecule has 25 heavy (non-hydrogen) atoms. The molecule has 0 fully saturated rings. The van der Waals surface area contributed by atoms with Crippen LogP contribution in [0.25, 0.3) is 0 Å². The minimum atomic E-state index is -0.974. The molecule has 0 aliphatic carbocycles. The number of carbonyl (C=O) groups is 1. The van der Waals surface area contributed by atoms with Gasteiger partial charge >= 0.3 is 0 Å². The van der Waals surface area contributed by atoms with Gasteiger partial charge in [-0.25, -0.2) is 0 Å². The van der Waals surface area contributed by atoms with E-state index in [-0.39, 0.29) is 11.4 Å². The number of anilines is 3. The normalized spacial score (nSPS) is 11.9. The van der Waals surface area contributed by atoms with Gasteiger partial charge in [-0.1, -0.05) is 23.7 Å². The number of primary amides is 1. The van der Waals surface area contributed by atoms with E-state index >= 15 is 0 Å². The number of hydrogen-bond donors (Lipinski definition) is 3. The highest BCUT2D eigenvalue weighted by Gasteiger charge is 2.26. The van der Waals surface area contributed by atoms with E-state index in [0.717, 1.165) is 0 Å². The number of hydrogen-bond acceptors (Lipinski definition) is 6. The molecule has 1 aromatic heterocycles. The molecule has 1 heterocycles. The third kappa shape index (κ3) is 3.36. The van der Waals surface area contributed by atoms with E-state index < -0.39 is 22.8 Å². The zero-order valence-electron chi connectivity index (χ0n) is 12.8.